The van der Waals surface area contributed by atoms with E-state index in [1.807, 2.05) is 0 Å². The van der Waals surface area contributed by atoms with E-state index in [1.165, 1.54) is 16.8 Å². The smallest absolute Gasteiger partial charge is 0.338 e. The van der Waals surface area contributed by atoms with Gasteiger partial charge in [-0.05, 0) is 37.3 Å². The van der Waals surface area contributed by atoms with Crippen LogP contribution in [0.5, 0.6) is 0 Å². The van der Waals surface area contributed by atoms with Crippen LogP contribution in [0, 0.1) is 5.82 Å². The molecule has 0 aliphatic carbocycles. The number of aromatic nitrogens is 2. The maximum atomic E-state index is 14.3. The van der Waals surface area contributed by atoms with E-state index in [-0.39, 0.29) is 23.4 Å². The van der Waals surface area contributed by atoms with E-state index in [0.717, 1.165) is 6.07 Å². The van der Waals surface area contributed by atoms with Crippen LogP contribution in [0.15, 0.2) is 47.3 Å². The number of H-pyrrole nitrogens is 1. The van der Waals surface area contributed by atoms with Crippen LogP contribution in [0.3, 0.4) is 0 Å². The van der Waals surface area contributed by atoms with Gasteiger partial charge in [0.1, 0.15) is 5.82 Å². The highest BCUT2D eigenvalue weighted by atomic mass is 19.1. The van der Waals surface area contributed by atoms with Gasteiger partial charge in [0, 0.05) is 0 Å². The molecule has 6 heteroatoms. The fraction of sp³-hybridized carbons (Fsp3) is 0.125. The Hall–Kier alpha value is -2.89. The molecule has 0 saturated carbocycles. The molecule has 0 radical (unpaired) electrons. The van der Waals surface area contributed by atoms with Crippen molar-refractivity contribution in [2.75, 3.05) is 6.61 Å². The van der Waals surface area contributed by atoms with Crippen molar-refractivity contribution in [1.82, 2.24) is 9.78 Å². The summed E-state index contributed by atoms with van der Waals surface area (Å²) >= 11 is 0. The van der Waals surface area contributed by atoms with Crippen molar-refractivity contribution < 1.29 is 13.9 Å². The Morgan fingerprint density at radius 3 is 2.77 bits per heavy atom. The Morgan fingerprint density at radius 2 is 2.05 bits per heavy atom. The largest absolute Gasteiger partial charge is 0.462 e. The van der Waals surface area contributed by atoms with E-state index in [4.69, 9.17) is 4.74 Å². The summed E-state index contributed by atoms with van der Waals surface area (Å²) in [6.07, 6.45) is 0. The van der Waals surface area contributed by atoms with E-state index in [1.54, 1.807) is 31.2 Å². The number of nitrogens with zero attached hydrogens (tertiary/aromatic N) is 1. The van der Waals surface area contributed by atoms with Gasteiger partial charge in [0.15, 0.2) is 0 Å². The summed E-state index contributed by atoms with van der Waals surface area (Å²) in [6.45, 7) is 1.90. The number of ether oxygens (including phenoxy) is 1. The third kappa shape index (κ3) is 2.28. The number of carbonyl (C=O) groups is 1. The maximum absolute atomic E-state index is 14.3. The second-order valence-electron chi connectivity index (χ2n) is 4.68. The number of hydrogen-bond donors (Lipinski definition) is 1. The molecule has 0 fully saturated rings. The normalized spacial score (nSPS) is 10.8. The molecule has 0 bridgehead atoms. The van der Waals surface area contributed by atoms with Crippen LogP contribution >= 0.6 is 0 Å². The molecule has 0 aliphatic rings. The number of aromatic amines is 1. The van der Waals surface area contributed by atoms with Crippen molar-refractivity contribution in [2.45, 2.75) is 6.92 Å². The molecule has 0 aliphatic heterocycles. The number of halogens is 1. The first-order valence-corrected chi connectivity index (χ1v) is 6.78. The monoisotopic (exact) mass is 300 g/mol. The molecule has 112 valence electrons. The molecule has 5 nitrogen and oxygen atoms in total. The van der Waals surface area contributed by atoms with Gasteiger partial charge in [-0.15, -0.1) is 0 Å². The molecule has 1 aromatic heterocycles. The highest BCUT2D eigenvalue weighted by Gasteiger charge is 2.14. The number of carbonyl (C=O) groups excluding carboxylic acids is 1. The van der Waals surface area contributed by atoms with Gasteiger partial charge in [-0.3, -0.25) is 9.89 Å². The number of fused-ring (bicyclic) bond motifs is 1. The lowest BCUT2D eigenvalue weighted by Gasteiger charge is -2.08. The molecule has 1 N–H and O–H groups in total. The van der Waals surface area contributed by atoms with Gasteiger partial charge in [0.25, 0.3) is 5.56 Å². The summed E-state index contributed by atoms with van der Waals surface area (Å²) < 4.78 is 20.5. The van der Waals surface area contributed by atoms with E-state index in [2.05, 4.69) is 5.10 Å². The first-order valence-electron chi connectivity index (χ1n) is 6.78. The SMILES string of the molecule is CCOC(=O)c1ccc(-n2[nH]c(=O)c3ccccc32)c(F)c1. The first kappa shape index (κ1) is 14.1. The molecular formula is C16H13FN2O3. The van der Waals surface area contributed by atoms with Crippen molar-refractivity contribution in [1.29, 1.82) is 0 Å². The van der Waals surface area contributed by atoms with Crippen molar-refractivity contribution >= 4 is 16.9 Å². The lowest BCUT2D eigenvalue weighted by Crippen LogP contribution is -2.08. The summed E-state index contributed by atoms with van der Waals surface area (Å²) in [5.41, 5.74) is 0.549. The van der Waals surface area contributed by atoms with E-state index < -0.39 is 11.8 Å². The number of hydrogen-bond acceptors (Lipinski definition) is 3. The summed E-state index contributed by atoms with van der Waals surface area (Å²) in [4.78, 5) is 23.5. The average molecular weight is 300 g/mol. The van der Waals surface area contributed by atoms with Gasteiger partial charge >= 0.3 is 5.97 Å². The zero-order valence-electron chi connectivity index (χ0n) is 11.8. The third-order valence-electron chi connectivity index (χ3n) is 3.30. The molecule has 0 unspecified atom stereocenters. The highest BCUT2D eigenvalue weighted by molar-refractivity contribution is 5.89. The van der Waals surface area contributed by atoms with Crippen LogP contribution < -0.4 is 5.56 Å². The second kappa shape index (κ2) is 5.48. The Kier molecular flexibility index (Phi) is 3.50. The third-order valence-corrected chi connectivity index (χ3v) is 3.30. The molecule has 3 rings (SSSR count). The predicted octanol–water partition coefficient (Wildman–Crippen LogP) is 2.63. The first-order chi connectivity index (χ1) is 10.6. The average Bonchev–Trinajstić information content (AvgIpc) is 2.85. The fourth-order valence-electron chi connectivity index (χ4n) is 2.30. The van der Waals surface area contributed by atoms with Crippen molar-refractivity contribution in [2.24, 2.45) is 0 Å². The molecular weight excluding hydrogens is 287 g/mol. The molecule has 22 heavy (non-hydrogen) atoms. The summed E-state index contributed by atoms with van der Waals surface area (Å²) in [6, 6.07) is 10.9. The standard InChI is InChI=1S/C16H13FN2O3/c1-2-22-16(21)10-7-8-14(12(17)9-10)19-13-6-4-3-5-11(13)15(20)18-19/h3-9H,2H2,1H3,(H,18,20). The van der Waals surface area contributed by atoms with Gasteiger partial charge < -0.3 is 4.74 Å². The van der Waals surface area contributed by atoms with Crippen LogP contribution in [-0.4, -0.2) is 22.4 Å². The molecule has 0 atom stereocenters. The lowest BCUT2D eigenvalue weighted by molar-refractivity contribution is 0.0526. The fourth-order valence-corrected chi connectivity index (χ4v) is 2.30. The highest BCUT2D eigenvalue weighted by Crippen LogP contribution is 2.19. The van der Waals surface area contributed by atoms with Gasteiger partial charge in [-0.2, -0.15) is 0 Å². The molecule has 2 aromatic carbocycles. The van der Waals surface area contributed by atoms with Crippen LogP contribution in [0.25, 0.3) is 16.6 Å². The second-order valence-corrected chi connectivity index (χ2v) is 4.68. The van der Waals surface area contributed by atoms with Crippen molar-refractivity contribution in [3.63, 3.8) is 0 Å². The maximum Gasteiger partial charge on any atom is 0.338 e. The van der Waals surface area contributed by atoms with Crippen molar-refractivity contribution in [3.8, 4) is 5.69 Å². The Balaban J connectivity index is 2.12. The summed E-state index contributed by atoms with van der Waals surface area (Å²) in [7, 11) is 0. The number of benzene rings is 2. The van der Waals surface area contributed by atoms with E-state index in [9.17, 15) is 14.0 Å². The minimum atomic E-state index is -0.623. The number of para-hydroxylation sites is 1. The van der Waals surface area contributed by atoms with Crippen LogP contribution in [0.2, 0.25) is 0 Å². The zero-order chi connectivity index (χ0) is 15.7. The summed E-state index contributed by atoms with van der Waals surface area (Å²) in [5, 5.41) is 3.06. The van der Waals surface area contributed by atoms with Gasteiger partial charge in [0.2, 0.25) is 0 Å². The van der Waals surface area contributed by atoms with Crippen molar-refractivity contribution in [3.05, 3.63) is 64.2 Å². The molecule has 0 spiro atoms. The quantitative estimate of drug-likeness (QED) is 0.756. The zero-order valence-corrected chi connectivity index (χ0v) is 11.8. The Labute approximate surface area is 124 Å². The van der Waals surface area contributed by atoms with E-state index in [0.29, 0.717) is 10.9 Å². The van der Waals surface area contributed by atoms with Crippen LogP contribution in [-0.2, 0) is 4.74 Å². The van der Waals surface area contributed by atoms with Gasteiger partial charge in [-0.1, -0.05) is 12.1 Å². The predicted molar refractivity (Wildman–Crippen MR) is 79.8 cm³/mol. The Bertz CT molecular complexity index is 911. The van der Waals surface area contributed by atoms with E-state index >= 15 is 0 Å². The molecule has 3 aromatic rings. The van der Waals surface area contributed by atoms with Crippen LogP contribution in [0.4, 0.5) is 4.39 Å². The summed E-state index contributed by atoms with van der Waals surface area (Å²) in [5.74, 6) is -1.21. The number of nitrogens with one attached hydrogen (secondary N) is 1. The van der Waals surface area contributed by atoms with Gasteiger partial charge in [0.05, 0.1) is 28.8 Å². The van der Waals surface area contributed by atoms with Gasteiger partial charge in [-0.25, -0.2) is 13.9 Å². The van der Waals surface area contributed by atoms with Crippen LogP contribution in [0.1, 0.15) is 17.3 Å². The molecule has 0 amide bonds. The molecule has 1 heterocycles. The topological polar surface area (TPSA) is 64.1 Å². The molecule has 0 saturated heterocycles. The number of esters is 1. The Morgan fingerprint density at radius 1 is 1.27 bits per heavy atom. The minimum absolute atomic E-state index is 0.127. The lowest BCUT2D eigenvalue weighted by atomic mass is 10.2. The minimum Gasteiger partial charge on any atom is -0.462 e. The number of rotatable bonds is 3.